The van der Waals surface area contributed by atoms with Crippen LogP contribution in [-0.2, 0) is 0 Å². The Labute approximate surface area is 327 Å². The van der Waals surface area contributed by atoms with Crippen LogP contribution in [0.2, 0.25) is 45.3 Å². The van der Waals surface area contributed by atoms with Gasteiger partial charge in [0.05, 0.1) is 25.1 Å². The first-order valence-electron chi connectivity index (χ1n) is 10.0. The van der Waals surface area contributed by atoms with E-state index in [2.05, 4.69) is 15.0 Å². The highest BCUT2D eigenvalue weighted by molar-refractivity contribution is 7.24. The predicted octanol–water partition coefficient (Wildman–Crippen LogP) is 15.0. The van der Waals surface area contributed by atoms with Gasteiger partial charge in [0.15, 0.2) is 28.1 Å². The number of nitriles is 3. The van der Waals surface area contributed by atoms with Gasteiger partial charge in [-0.2, -0.15) is 24.6 Å². The normalized spacial score (nSPS) is 8.50. The standard InChI is InChI=1S/C6Cl4N2.C6Cl3FN2.C6Cl2F2N2.3CH4NP.3CH4/c2*7-3-2(1-11)12-6(10)5(9)4(3)8;7-3-4(8)6(10)12-2(1-11)5(3)9;3*1-3-2;;;/h;;;3*2H,1H3;3*1H4. The van der Waals surface area contributed by atoms with Crippen molar-refractivity contribution in [2.75, 3.05) is 20.0 Å². The second kappa shape index (κ2) is 32.8. The molecular formula is C24H24Cl9F3N9P3. The summed E-state index contributed by atoms with van der Waals surface area (Å²) in [5.74, 6) is -3.26. The molecule has 0 aliphatic carbocycles. The summed E-state index contributed by atoms with van der Waals surface area (Å²) in [6.45, 7) is 5.29. The van der Waals surface area contributed by atoms with E-state index in [9.17, 15) is 13.2 Å². The Hall–Kier alpha value is -1.38. The minimum absolute atomic E-state index is 0. The molecule has 0 amide bonds. The van der Waals surface area contributed by atoms with Gasteiger partial charge in [0.1, 0.15) is 33.3 Å². The Morgan fingerprint density at radius 1 is 0.479 bits per heavy atom. The topological polar surface area (TPSA) is 182 Å². The van der Waals surface area contributed by atoms with Crippen molar-refractivity contribution in [1.29, 1.82) is 31.3 Å². The molecule has 3 N–H and O–H groups in total. The molecule has 48 heavy (non-hydrogen) atoms. The van der Waals surface area contributed by atoms with Gasteiger partial charge in [0.25, 0.3) is 0 Å². The van der Waals surface area contributed by atoms with Crippen molar-refractivity contribution in [2.24, 2.45) is 0 Å². The fraction of sp³-hybridized carbons (Fsp3) is 0.250. The Morgan fingerprint density at radius 2 is 0.750 bits per heavy atom. The van der Waals surface area contributed by atoms with Gasteiger partial charge in [-0.3, -0.25) is 15.5 Å². The molecule has 3 heterocycles. The molecule has 264 valence electrons. The van der Waals surface area contributed by atoms with E-state index in [-0.39, 0.29) is 69.0 Å². The predicted molar refractivity (Wildman–Crippen MR) is 199 cm³/mol. The van der Waals surface area contributed by atoms with Crippen molar-refractivity contribution in [3.05, 3.63) is 80.1 Å². The molecule has 0 aliphatic heterocycles. The zero-order valence-corrected chi connectivity index (χ0v) is 31.5. The minimum Gasteiger partial charge on any atom is -0.284 e. The van der Waals surface area contributed by atoms with Crippen molar-refractivity contribution in [1.82, 2.24) is 15.0 Å². The van der Waals surface area contributed by atoms with Gasteiger partial charge in [-0.1, -0.05) is 127 Å². The van der Waals surface area contributed by atoms with E-state index >= 15 is 0 Å². The maximum Gasteiger partial charge on any atom is 0.234 e. The van der Waals surface area contributed by atoms with Crippen LogP contribution in [0, 0.1) is 67.2 Å². The first kappa shape index (κ1) is 58.8. The summed E-state index contributed by atoms with van der Waals surface area (Å²) in [5.41, 5.74) is -1.01. The van der Waals surface area contributed by atoms with Crippen molar-refractivity contribution >= 4 is 130 Å². The van der Waals surface area contributed by atoms with Crippen LogP contribution in [0.5, 0.6) is 0 Å². The summed E-state index contributed by atoms with van der Waals surface area (Å²) in [7, 11) is 2.00. The number of hydrogen-bond donors (Lipinski definition) is 3. The molecule has 0 atom stereocenters. The second-order valence-corrected chi connectivity index (χ2v) is 10.8. The first-order valence-corrected chi connectivity index (χ1v) is 17.5. The van der Waals surface area contributed by atoms with Crippen LogP contribution in [0.15, 0.2) is 0 Å². The summed E-state index contributed by atoms with van der Waals surface area (Å²) in [6.07, 6.45) is 0. The maximum atomic E-state index is 12.8. The van der Waals surface area contributed by atoms with Gasteiger partial charge in [0, 0.05) is 0 Å². The number of halogens is 12. The highest BCUT2D eigenvalue weighted by Gasteiger charge is 2.17. The van der Waals surface area contributed by atoms with Crippen molar-refractivity contribution in [3.8, 4) is 18.2 Å². The van der Waals surface area contributed by atoms with Crippen LogP contribution >= 0.6 is 130 Å². The molecule has 3 aromatic heterocycles. The lowest BCUT2D eigenvalue weighted by atomic mass is 10.3. The molecule has 0 radical (unpaired) electrons. The molecule has 0 spiro atoms. The Morgan fingerprint density at radius 3 is 1.08 bits per heavy atom. The molecule has 0 fully saturated rings. The van der Waals surface area contributed by atoms with Crippen LogP contribution in [0.1, 0.15) is 39.4 Å². The van der Waals surface area contributed by atoms with Gasteiger partial charge in [-0.25, -0.2) is 19.3 Å². The smallest absolute Gasteiger partial charge is 0.234 e. The van der Waals surface area contributed by atoms with Crippen LogP contribution in [0.4, 0.5) is 13.2 Å². The van der Waals surface area contributed by atoms with Gasteiger partial charge in [-0.15, -0.1) is 0 Å². The third kappa shape index (κ3) is 20.3. The van der Waals surface area contributed by atoms with Crippen molar-refractivity contribution < 1.29 is 13.2 Å². The SMILES string of the molecule is C.C.C.CP=N.CP=N.CP=N.N#Cc1nc(Cl)c(Cl)c(Cl)c1Cl.N#Cc1nc(F)c(Cl)c(Cl)c1Cl.N#Cc1nc(F)c(Cl)c(Cl)c1F. The molecule has 3 rings (SSSR count). The number of rotatable bonds is 0. The van der Waals surface area contributed by atoms with E-state index in [1.807, 2.05) is 0 Å². The van der Waals surface area contributed by atoms with Gasteiger partial charge in [-0.05, 0) is 45.1 Å². The highest BCUT2D eigenvalue weighted by atomic mass is 35.5. The fourth-order valence-corrected chi connectivity index (χ4v) is 3.28. The average Bonchev–Trinajstić information content (AvgIpc) is 3.01. The molecule has 0 saturated carbocycles. The van der Waals surface area contributed by atoms with E-state index in [0.29, 0.717) is 25.1 Å². The Kier molecular flexibility index (Phi) is 40.2. The summed E-state index contributed by atoms with van der Waals surface area (Å²) in [4.78, 5) is 9.72. The van der Waals surface area contributed by atoms with E-state index in [1.54, 1.807) is 32.1 Å². The molecule has 0 aliphatic rings. The number of pyridine rings is 3. The average molecular weight is 908 g/mol. The molecule has 24 heteroatoms. The van der Waals surface area contributed by atoms with Crippen LogP contribution < -0.4 is 0 Å². The summed E-state index contributed by atoms with van der Waals surface area (Å²) in [5, 5.41) is 41.8. The lowest BCUT2D eigenvalue weighted by Gasteiger charge is -2.01. The van der Waals surface area contributed by atoms with E-state index in [1.165, 1.54) is 6.07 Å². The minimum atomic E-state index is -1.15. The van der Waals surface area contributed by atoms with E-state index in [4.69, 9.17) is 136 Å². The fourth-order valence-electron chi connectivity index (χ4n) is 1.68. The van der Waals surface area contributed by atoms with Crippen LogP contribution in [0.25, 0.3) is 0 Å². The first-order chi connectivity index (χ1) is 21.0. The molecule has 0 saturated heterocycles. The third-order valence-electron chi connectivity index (χ3n) is 3.27. The lowest BCUT2D eigenvalue weighted by molar-refractivity contribution is 0.557. The zero-order chi connectivity index (χ0) is 36.0. The largest absolute Gasteiger partial charge is 0.284 e. The van der Waals surface area contributed by atoms with Crippen LogP contribution in [0.3, 0.4) is 0 Å². The zero-order valence-electron chi connectivity index (χ0n) is 22.1. The monoisotopic (exact) mass is 903 g/mol. The molecule has 0 unspecified atom stereocenters. The number of hydrogen-bond acceptors (Lipinski definition) is 9. The van der Waals surface area contributed by atoms with Gasteiger partial charge >= 0.3 is 0 Å². The lowest BCUT2D eigenvalue weighted by Crippen LogP contribution is -1.95. The molecule has 9 nitrogen and oxygen atoms in total. The van der Waals surface area contributed by atoms with E-state index in [0.717, 1.165) is 0 Å². The number of aromatic nitrogens is 3. The highest BCUT2D eigenvalue weighted by Crippen LogP contribution is 2.36. The quantitative estimate of drug-likeness (QED) is 0.149. The van der Waals surface area contributed by atoms with Gasteiger partial charge in [0.2, 0.25) is 11.9 Å². The summed E-state index contributed by atoms with van der Waals surface area (Å²) < 4.78 is 38.0. The molecule has 0 bridgehead atoms. The summed E-state index contributed by atoms with van der Waals surface area (Å²) >= 11 is 49.1. The van der Waals surface area contributed by atoms with Gasteiger partial charge < -0.3 is 0 Å². The molecule has 3 aromatic rings. The third-order valence-corrected chi connectivity index (χ3v) is 7.03. The summed E-state index contributed by atoms with van der Waals surface area (Å²) in [6, 6.07) is 4.65. The second-order valence-electron chi connectivity index (χ2n) is 6.09. The van der Waals surface area contributed by atoms with E-state index < -0.39 is 33.5 Å². The number of nitrogens with one attached hydrogen (secondary N) is 3. The van der Waals surface area contributed by atoms with Crippen molar-refractivity contribution in [2.45, 2.75) is 22.3 Å². The molecule has 0 aromatic carbocycles. The number of nitrogens with zero attached hydrogens (tertiary/aromatic N) is 6. The maximum absolute atomic E-state index is 12.8. The van der Waals surface area contributed by atoms with Crippen LogP contribution in [-0.4, -0.2) is 34.9 Å². The Bertz CT molecular complexity index is 1450. The molecular weight excluding hydrogens is 883 g/mol. The Balaban J connectivity index is -0.000000119. The van der Waals surface area contributed by atoms with Crippen molar-refractivity contribution in [3.63, 3.8) is 0 Å².